The number of para-hydroxylation sites is 1. The quantitative estimate of drug-likeness (QED) is 0.249. The lowest BCUT2D eigenvalue weighted by Crippen LogP contribution is -2.18. The van der Waals surface area contributed by atoms with Gasteiger partial charge in [-0.15, -0.1) is 0 Å². The van der Waals surface area contributed by atoms with Gasteiger partial charge in [0.25, 0.3) is 0 Å². The Hall–Kier alpha value is -3.84. The minimum Gasteiger partial charge on any atom is -0.481 e. The van der Waals surface area contributed by atoms with Crippen LogP contribution in [-0.2, 0) is 4.79 Å². The predicted octanol–water partition coefficient (Wildman–Crippen LogP) is 5.35. The summed E-state index contributed by atoms with van der Waals surface area (Å²) < 4.78 is 11.0. The van der Waals surface area contributed by atoms with Crippen LogP contribution in [0.1, 0.15) is 22.3 Å². The molecule has 0 N–H and O–H groups in total. The summed E-state index contributed by atoms with van der Waals surface area (Å²) in [5.41, 5.74) is 4.07. The van der Waals surface area contributed by atoms with Crippen LogP contribution in [0.25, 0.3) is 11.6 Å². The molecule has 0 fully saturated rings. The van der Waals surface area contributed by atoms with Crippen LogP contribution in [0.4, 0.5) is 0 Å². The van der Waals surface area contributed by atoms with Crippen molar-refractivity contribution in [2.45, 2.75) is 13.8 Å². The fourth-order valence-corrected chi connectivity index (χ4v) is 2.95. The van der Waals surface area contributed by atoms with Gasteiger partial charge >= 0.3 is 5.97 Å². The number of nitrogens with zero attached hydrogens (tertiary/aromatic N) is 1. The summed E-state index contributed by atoms with van der Waals surface area (Å²) in [6, 6.07) is 24.5. The summed E-state index contributed by atoms with van der Waals surface area (Å²) in [7, 11) is 0. The fourth-order valence-electron chi connectivity index (χ4n) is 2.95. The Labute approximate surface area is 170 Å². The Morgan fingerprint density at radius 2 is 1.66 bits per heavy atom. The smallest absolute Gasteiger partial charge is 0.349 e. The number of rotatable bonds is 6. The third-order valence-corrected chi connectivity index (χ3v) is 4.35. The maximum atomic E-state index is 12.2. The van der Waals surface area contributed by atoms with Crippen LogP contribution >= 0.6 is 0 Å². The van der Waals surface area contributed by atoms with Gasteiger partial charge in [-0.05, 0) is 54.3 Å². The first-order chi connectivity index (χ1) is 14.1. The van der Waals surface area contributed by atoms with Gasteiger partial charge < -0.3 is 9.47 Å². The lowest BCUT2D eigenvalue weighted by Gasteiger charge is -2.11. The third-order valence-electron chi connectivity index (χ3n) is 4.35. The van der Waals surface area contributed by atoms with E-state index in [1.54, 1.807) is 24.3 Å². The summed E-state index contributed by atoms with van der Waals surface area (Å²) in [6.07, 6.45) is 1.76. The van der Waals surface area contributed by atoms with Crippen molar-refractivity contribution in [3.05, 3.63) is 95.1 Å². The second-order valence-electron chi connectivity index (χ2n) is 6.59. The first-order valence-corrected chi connectivity index (χ1v) is 9.24. The average Bonchev–Trinajstić information content (AvgIpc) is 2.72. The highest BCUT2D eigenvalue weighted by Crippen LogP contribution is 2.23. The van der Waals surface area contributed by atoms with Crippen molar-refractivity contribution in [1.29, 1.82) is 5.26 Å². The lowest BCUT2D eigenvalue weighted by molar-refractivity contribution is -0.136. The van der Waals surface area contributed by atoms with Crippen LogP contribution in [0, 0.1) is 25.2 Å². The zero-order valence-electron chi connectivity index (χ0n) is 16.4. The number of benzene rings is 3. The summed E-state index contributed by atoms with van der Waals surface area (Å²) in [4.78, 5) is 12.2. The van der Waals surface area contributed by atoms with Crippen molar-refractivity contribution in [1.82, 2.24) is 0 Å². The zero-order valence-corrected chi connectivity index (χ0v) is 16.4. The van der Waals surface area contributed by atoms with Gasteiger partial charge in [0.15, 0.2) is 6.61 Å². The Morgan fingerprint density at radius 3 is 2.34 bits per heavy atom. The molecule has 4 nitrogen and oxygen atoms in total. The summed E-state index contributed by atoms with van der Waals surface area (Å²) >= 11 is 0. The number of esters is 1. The highest BCUT2D eigenvalue weighted by molar-refractivity contribution is 5.89. The van der Waals surface area contributed by atoms with Crippen molar-refractivity contribution in [2.75, 3.05) is 6.61 Å². The Morgan fingerprint density at radius 1 is 0.966 bits per heavy atom. The molecule has 0 aliphatic heterocycles. The van der Waals surface area contributed by atoms with E-state index in [4.69, 9.17) is 9.47 Å². The highest BCUT2D eigenvalue weighted by Gasteiger charge is 2.10. The minimum atomic E-state index is -0.489. The van der Waals surface area contributed by atoms with Crippen LogP contribution in [-0.4, -0.2) is 12.6 Å². The summed E-state index contributed by atoms with van der Waals surface area (Å²) in [5, 5.41) is 9.46. The van der Waals surface area contributed by atoms with Gasteiger partial charge in [-0.1, -0.05) is 60.7 Å². The molecule has 0 amide bonds. The Balaban J connectivity index is 1.69. The van der Waals surface area contributed by atoms with Crippen molar-refractivity contribution >= 4 is 17.6 Å². The van der Waals surface area contributed by atoms with Gasteiger partial charge in [0.1, 0.15) is 11.5 Å². The normalized spacial score (nSPS) is 10.9. The molecular formula is C25H21NO3. The molecule has 0 unspecified atom stereocenters. The zero-order chi connectivity index (χ0) is 20.6. The first kappa shape index (κ1) is 19.9. The van der Waals surface area contributed by atoms with E-state index in [2.05, 4.69) is 6.07 Å². The van der Waals surface area contributed by atoms with Crippen LogP contribution in [0.15, 0.2) is 72.8 Å². The number of nitriles is 1. The maximum Gasteiger partial charge on any atom is 0.349 e. The van der Waals surface area contributed by atoms with E-state index in [9.17, 15) is 10.1 Å². The standard InChI is InChI=1S/C25H21NO3/c1-18-8-6-9-19(2)25(18)28-17-24(27)29-23-13-7-10-20(15-23)14-22(16-26)21-11-4-3-5-12-21/h3-15H,17H2,1-2H3/b22-14-. The van der Waals surface area contributed by atoms with E-state index in [1.807, 2.05) is 68.4 Å². The number of allylic oxidation sites excluding steroid dienone is 1. The number of hydrogen-bond acceptors (Lipinski definition) is 4. The van der Waals surface area contributed by atoms with E-state index in [-0.39, 0.29) is 6.61 Å². The molecule has 0 radical (unpaired) electrons. The van der Waals surface area contributed by atoms with Crippen molar-refractivity contribution in [3.8, 4) is 17.6 Å². The van der Waals surface area contributed by atoms with Crippen molar-refractivity contribution < 1.29 is 14.3 Å². The van der Waals surface area contributed by atoms with Crippen LogP contribution in [0.2, 0.25) is 0 Å². The summed E-state index contributed by atoms with van der Waals surface area (Å²) in [6.45, 7) is 3.69. The molecule has 0 saturated heterocycles. The van der Waals surface area contributed by atoms with E-state index >= 15 is 0 Å². The molecule has 0 saturated carbocycles. The second-order valence-corrected chi connectivity index (χ2v) is 6.59. The predicted molar refractivity (Wildman–Crippen MR) is 113 cm³/mol. The van der Waals surface area contributed by atoms with Gasteiger partial charge in [-0.25, -0.2) is 4.79 Å². The van der Waals surface area contributed by atoms with Crippen LogP contribution in [0.3, 0.4) is 0 Å². The Kier molecular flexibility index (Phi) is 6.44. The number of hydrogen-bond donors (Lipinski definition) is 0. The largest absolute Gasteiger partial charge is 0.481 e. The average molecular weight is 383 g/mol. The van der Waals surface area contributed by atoms with Crippen LogP contribution in [0.5, 0.6) is 11.5 Å². The molecule has 0 aliphatic rings. The van der Waals surface area contributed by atoms with Crippen LogP contribution < -0.4 is 9.47 Å². The molecule has 144 valence electrons. The SMILES string of the molecule is Cc1cccc(C)c1OCC(=O)Oc1cccc(/C=C(/C#N)c2ccccc2)c1. The van der Waals surface area contributed by atoms with Gasteiger partial charge in [0.05, 0.1) is 11.6 Å². The molecule has 0 bridgehead atoms. The molecule has 3 aromatic rings. The minimum absolute atomic E-state index is 0.181. The molecule has 0 aliphatic carbocycles. The molecule has 0 heterocycles. The van der Waals surface area contributed by atoms with Crippen molar-refractivity contribution in [2.24, 2.45) is 0 Å². The fraction of sp³-hybridized carbons (Fsp3) is 0.120. The number of ether oxygens (including phenoxy) is 2. The molecule has 3 rings (SSSR count). The maximum absolute atomic E-state index is 12.2. The first-order valence-electron chi connectivity index (χ1n) is 9.24. The van der Waals surface area contributed by atoms with Gasteiger partial charge in [0, 0.05) is 0 Å². The summed E-state index contributed by atoms with van der Waals surface area (Å²) in [5.74, 6) is 0.610. The monoisotopic (exact) mass is 383 g/mol. The van der Waals surface area contributed by atoms with Gasteiger partial charge in [0.2, 0.25) is 0 Å². The van der Waals surface area contributed by atoms with E-state index in [0.717, 1.165) is 22.3 Å². The highest BCUT2D eigenvalue weighted by atomic mass is 16.6. The van der Waals surface area contributed by atoms with Gasteiger partial charge in [-0.2, -0.15) is 5.26 Å². The number of carbonyl (C=O) groups is 1. The second kappa shape index (κ2) is 9.38. The van der Waals surface area contributed by atoms with Gasteiger partial charge in [-0.3, -0.25) is 0 Å². The molecule has 29 heavy (non-hydrogen) atoms. The molecule has 4 heteroatoms. The van der Waals surface area contributed by atoms with Crippen molar-refractivity contribution in [3.63, 3.8) is 0 Å². The number of carbonyl (C=O) groups excluding carboxylic acids is 1. The topological polar surface area (TPSA) is 59.3 Å². The van der Waals surface area contributed by atoms with E-state index in [1.165, 1.54) is 0 Å². The molecule has 3 aromatic carbocycles. The van der Waals surface area contributed by atoms with E-state index < -0.39 is 5.97 Å². The molecule has 0 aromatic heterocycles. The lowest BCUT2D eigenvalue weighted by atomic mass is 10.0. The third kappa shape index (κ3) is 5.33. The Bertz CT molecular complexity index is 1060. The molecule has 0 spiro atoms. The number of aryl methyl sites for hydroxylation is 2. The molecule has 0 atom stereocenters. The molecular weight excluding hydrogens is 362 g/mol. The van der Waals surface area contributed by atoms with E-state index in [0.29, 0.717) is 17.1 Å².